The van der Waals surface area contributed by atoms with Crippen molar-refractivity contribution < 1.29 is 4.79 Å². The number of hydrogen-bond donors (Lipinski definition) is 1. The van der Waals surface area contributed by atoms with Crippen LogP contribution in [0.2, 0.25) is 0 Å². The van der Waals surface area contributed by atoms with Gasteiger partial charge in [0.25, 0.3) is 0 Å². The summed E-state index contributed by atoms with van der Waals surface area (Å²) in [5, 5.41) is 2.75. The first-order valence-corrected chi connectivity index (χ1v) is 4.95. The highest BCUT2D eigenvalue weighted by Gasteiger charge is 2.30. The molecule has 2 aliphatic rings. The molecule has 1 fully saturated rings. The monoisotopic (exact) mass is 201 g/mol. The molecular weight excluding hydrogens is 190 g/mol. The van der Waals surface area contributed by atoms with E-state index in [2.05, 4.69) is 35.4 Å². The Hall–Kier alpha value is -1.84. The highest BCUT2D eigenvalue weighted by molar-refractivity contribution is 6.15. The van der Waals surface area contributed by atoms with Gasteiger partial charge in [-0.25, -0.2) is 4.99 Å². The van der Waals surface area contributed by atoms with Gasteiger partial charge >= 0.3 is 0 Å². The van der Waals surface area contributed by atoms with Gasteiger partial charge in [0, 0.05) is 5.69 Å². The summed E-state index contributed by atoms with van der Waals surface area (Å²) in [5.41, 5.74) is 3.52. The van der Waals surface area contributed by atoms with Gasteiger partial charge < -0.3 is 4.90 Å². The fourth-order valence-corrected chi connectivity index (χ4v) is 2.04. The van der Waals surface area contributed by atoms with E-state index < -0.39 is 0 Å². The Morgan fingerprint density at radius 3 is 3.20 bits per heavy atom. The molecule has 0 saturated carbocycles. The molecule has 76 valence electrons. The minimum absolute atomic E-state index is 0.0159. The lowest BCUT2D eigenvalue weighted by molar-refractivity contribution is -0.117. The van der Waals surface area contributed by atoms with Crippen molar-refractivity contribution in [2.75, 3.05) is 11.4 Å². The summed E-state index contributed by atoms with van der Waals surface area (Å²) in [6.07, 6.45) is 0. The highest BCUT2D eigenvalue weighted by atomic mass is 16.2. The van der Waals surface area contributed by atoms with Crippen molar-refractivity contribution in [3.8, 4) is 0 Å². The number of guanidine groups is 1. The summed E-state index contributed by atoms with van der Waals surface area (Å²) >= 11 is 0. The van der Waals surface area contributed by atoms with Crippen LogP contribution in [0.3, 0.4) is 0 Å². The van der Waals surface area contributed by atoms with Crippen LogP contribution in [0.5, 0.6) is 0 Å². The smallest absolute Gasteiger partial charge is 0.246 e. The molecule has 4 nitrogen and oxygen atoms in total. The Kier molecular flexibility index (Phi) is 1.59. The summed E-state index contributed by atoms with van der Waals surface area (Å²) in [7, 11) is 0. The molecule has 1 amide bonds. The van der Waals surface area contributed by atoms with Gasteiger partial charge in [-0.05, 0) is 18.6 Å². The number of benzene rings is 1. The van der Waals surface area contributed by atoms with Crippen LogP contribution < -0.4 is 10.2 Å². The van der Waals surface area contributed by atoms with Crippen LogP contribution in [0.15, 0.2) is 23.2 Å². The zero-order valence-corrected chi connectivity index (χ0v) is 8.45. The van der Waals surface area contributed by atoms with E-state index >= 15 is 0 Å². The fraction of sp³-hybridized carbons (Fsp3) is 0.273. The van der Waals surface area contributed by atoms with Crippen LogP contribution in [-0.2, 0) is 11.3 Å². The van der Waals surface area contributed by atoms with Crippen LogP contribution in [0, 0.1) is 6.92 Å². The normalized spacial score (nSPS) is 18.1. The summed E-state index contributed by atoms with van der Waals surface area (Å²) < 4.78 is 0. The summed E-state index contributed by atoms with van der Waals surface area (Å²) in [4.78, 5) is 17.5. The molecule has 0 atom stereocenters. The maximum atomic E-state index is 11.3. The summed E-state index contributed by atoms with van der Waals surface area (Å²) in [6, 6.07) is 6.24. The molecule has 0 spiro atoms. The Bertz CT molecular complexity index is 479. The second-order valence-corrected chi connectivity index (χ2v) is 3.91. The third kappa shape index (κ3) is 1.21. The van der Waals surface area contributed by atoms with E-state index in [1.54, 1.807) is 0 Å². The Morgan fingerprint density at radius 1 is 1.47 bits per heavy atom. The Morgan fingerprint density at radius 2 is 2.33 bits per heavy atom. The molecule has 0 unspecified atom stereocenters. The van der Waals surface area contributed by atoms with Crippen LogP contribution in [0.4, 0.5) is 5.69 Å². The first-order valence-electron chi connectivity index (χ1n) is 4.95. The number of fused-ring (bicyclic) bond motifs is 3. The number of aliphatic imine (C=N–C) groups is 1. The molecule has 1 saturated heterocycles. The van der Waals surface area contributed by atoms with Gasteiger partial charge in [-0.1, -0.05) is 17.7 Å². The highest BCUT2D eigenvalue weighted by Crippen LogP contribution is 2.27. The second-order valence-electron chi connectivity index (χ2n) is 3.91. The first-order chi connectivity index (χ1) is 7.24. The van der Waals surface area contributed by atoms with Crippen molar-refractivity contribution >= 4 is 17.6 Å². The van der Waals surface area contributed by atoms with Gasteiger partial charge in [0.15, 0.2) is 0 Å². The Labute approximate surface area is 87.6 Å². The van der Waals surface area contributed by atoms with Crippen LogP contribution in [-0.4, -0.2) is 18.4 Å². The van der Waals surface area contributed by atoms with Crippen molar-refractivity contribution in [1.82, 2.24) is 5.32 Å². The average Bonchev–Trinajstić information content (AvgIpc) is 2.58. The van der Waals surface area contributed by atoms with Crippen LogP contribution in [0.1, 0.15) is 11.1 Å². The fourth-order valence-electron chi connectivity index (χ4n) is 2.04. The van der Waals surface area contributed by atoms with Gasteiger partial charge in [-0.3, -0.25) is 10.1 Å². The molecule has 1 N–H and O–H groups in total. The molecule has 2 aliphatic heterocycles. The predicted molar refractivity (Wildman–Crippen MR) is 57.8 cm³/mol. The van der Waals surface area contributed by atoms with E-state index in [1.807, 2.05) is 4.90 Å². The van der Waals surface area contributed by atoms with Gasteiger partial charge in [0.2, 0.25) is 11.9 Å². The SMILES string of the molecule is Cc1ccc2c(c1)CN=C1NC(=O)CN12. The molecule has 0 bridgehead atoms. The quantitative estimate of drug-likeness (QED) is 0.674. The van der Waals surface area contributed by atoms with Crippen LogP contribution in [0.25, 0.3) is 0 Å². The third-order valence-electron chi connectivity index (χ3n) is 2.73. The summed E-state index contributed by atoms with van der Waals surface area (Å²) in [6.45, 7) is 3.10. The largest absolute Gasteiger partial charge is 0.303 e. The number of anilines is 1. The van der Waals surface area contributed by atoms with E-state index in [0.29, 0.717) is 19.0 Å². The predicted octanol–water partition coefficient (Wildman–Crippen LogP) is 0.801. The maximum Gasteiger partial charge on any atom is 0.246 e. The Balaban J connectivity index is 2.10. The third-order valence-corrected chi connectivity index (χ3v) is 2.73. The van der Waals surface area contributed by atoms with E-state index in [0.717, 1.165) is 5.69 Å². The molecule has 3 rings (SSSR count). The van der Waals surface area contributed by atoms with Crippen molar-refractivity contribution in [2.45, 2.75) is 13.5 Å². The number of amides is 1. The number of nitrogens with zero attached hydrogens (tertiary/aromatic N) is 2. The van der Waals surface area contributed by atoms with Crippen molar-refractivity contribution in [3.63, 3.8) is 0 Å². The molecule has 2 heterocycles. The molecule has 0 aliphatic carbocycles. The van der Waals surface area contributed by atoms with E-state index in [-0.39, 0.29) is 5.91 Å². The van der Waals surface area contributed by atoms with Crippen LogP contribution >= 0.6 is 0 Å². The van der Waals surface area contributed by atoms with E-state index in [4.69, 9.17) is 0 Å². The zero-order chi connectivity index (χ0) is 10.4. The van der Waals surface area contributed by atoms with Crippen molar-refractivity contribution in [2.24, 2.45) is 4.99 Å². The molecule has 1 aromatic carbocycles. The first kappa shape index (κ1) is 8.47. The zero-order valence-electron chi connectivity index (χ0n) is 8.45. The number of nitrogens with one attached hydrogen (secondary N) is 1. The van der Waals surface area contributed by atoms with E-state index in [9.17, 15) is 4.79 Å². The molecule has 0 radical (unpaired) electrons. The second kappa shape index (κ2) is 2.82. The number of rotatable bonds is 0. The molecule has 15 heavy (non-hydrogen) atoms. The number of hydrogen-bond acceptors (Lipinski definition) is 3. The molecular formula is C11H11N3O. The van der Waals surface area contributed by atoms with Gasteiger partial charge in [-0.15, -0.1) is 0 Å². The number of carbonyl (C=O) groups is 1. The number of aryl methyl sites for hydroxylation is 1. The minimum atomic E-state index is 0.0159. The van der Waals surface area contributed by atoms with E-state index in [1.165, 1.54) is 11.1 Å². The topological polar surface area (TPSA) is 44.7 Å². The lowest BCUT2D eigenvalue weighted by Crippen LogP contribution is -2.33. The van der Waals surface area contributed by atoms with Gasteiger partial charge in [0.1, 0.15) is 6.54 Å². The molecule has 4 heteroatoms. The van der Waals surface area contributed by atoms with Gasteiger partial charge in [0.05, 0.1) is 6.54 Å². The average molecular weight is 201 g/mol. The lowest BCUT2D eigenvalue weighted by Gasteiger charge is -2.24. The maximum absolute atomic E-state index is 11.3. The summed E-state index contributed by atoms with van der Waals surface area (Å²) in [5.74, 6) is 0.707. The number of carbonyl (C=O) groups excluding carboxylic acids is 1. The van der Waals surface area contributed by atoms with Gasteiger partial charge in [-0.2, -0.15) is 0 Å². The van der Waals surface area contributed by atoms with Crippen molar-refractivity contribution in [3.05, 3.63) is 29.3 Å². The minimum Gasteiger partial charge on any atom is -0.303 e. The standard InChI is InChI=1S/C11H11N3O/c1-7-2-3-9-8(4-7)5-12-11-13-10(15)6-14(9)11/h2-4H,5-6H2,1H3,(H,12,13,15). The molecule has 0 aromatic heterocycles. The van der Waals surface area contributed by atoms with Crippen molar-refractivity contribution in [1.29, 1.82) is 0 Å². The lowest BCUT2D eigenvalue weighted by atomic mass is 10.1. The molecule has 1 aromatic rings.